The average molecular weight is 433 g/mol. The minimum absolute atomic E-state index is 0.0146. The molecular weight excluding hydrogens is 404 g/mol. The fraction of sp³-hybridized carbons (Fsp3) is 0.579. The molecule has 27 heavy (non-hydrogen) atoms. The van der Waals surface area contributed by atoms with E-state index in [0.717, 1.165) is 5.70 Å². The van der Waals surface area contributed by atoms with Crippen LogP contribution in [0.3, 0.4) is 0 Å². The first-order valence-electron chi connectivity index (χ1n) is 8.79. The van der Waals surface area contributed by atoms with Crippen molar-refractivity contribution in [2.45, 2.75) is 63.8 Å². The largest absolute Gasteiger partial charge is 0.377 e. The van der Waals surface area contributed by atoms with E-state index < -0.39 is 20.8 Å². The van der Waals surface area contributed by atoms with Crippen molar-refractivity contribution < 1.29 is 13.5 Å². The number of nitrogens with one attached hydrogen (secondary N) is 2. The van der Waals surface area contributed by atoms with Gasteiger partial charge in [-0.15, -0.1) is 0 Å². The number of aliphatic hydroxyl groups excluding tert-OH is 1. The smallest absolute Gasteiger partial charge is 0.163 e. The van der Waals surface area contributed by atoms with E-state index >= 15 is 0 Å². The third kappa shape index (κ3) is 5.21. The lowest BCUT2D eigenvalue weighted by molar-refractivity contribution is 0.0971. The van der Waals surface area contributed by atoms with Crippen molar-refractivity contribution in [2.75, 3.05) is 0 Å². The third-order valence-corrected chi connectivity index (χ3v) is 9.08. The van der Waals surface area contributed by atoms with Crippen molar-refractivity contribution in [3.63, 3.8) is 0 Å². The van der Waals surface area contributed by atoms with E-state index in [4.69, 9.17) is 11.6 Å². The molecule has 8 heteroatoms. The summed E-state index contributed by atoms with van der Waals surface area (Å²) in [6, 6.07) is 6.70. The maximum absolute atomic E-state index is 12.9. The molecule has 2 rings (SSSR count). The lowest BCUT2D eigenvalue weighted by Gasteiger charge is -2.33. The van der Waals surface area contributed by atoms with Gasteiger partial charge < -0.3 is 10.4 Å². The van der Waals surface area contributed by atoms with Gasteiger partial charge in [0.2, 0.25) is 0 Å². The van der Waals surface area contributed by atoms with Crippen LogP contribution >= 0.6 is 23.4 Å². The van der Waals surface area contributed by atoms with Gasteiger partial charge in [-0.2, -0.15) is 0 Å². The zero-order valence-corrected chi connectivity index (χ0v) is 19.0. The molecule has 0 saturated heterocycles. The van der Waals surface area contributed by atoms with Crippen LogP contribution in [0.2, 0.25) is 5.02 Å². The van der Waals surface area contributed by atoms with Gasteiger partial charge in [-0.05, 0) is 43.9 Å². The quantitative estimate of drug-likeness (QED) is 0.593. The van der Waals surface area contributed by atoms with Crippen LogP contribution in [0.4, 0.5) is 0 Å². The highest BCUT2D eigenvalue weighted by Crippen LogP contribution is 2.42. The van der Waals surface area contributed by atoms with Gasteiger partial charge in [0, 0.05) is 15.6 Å². The van der Waals surface area contributed by atoms with Gasteiger partial charge in [0.15, 0.2) is 9.84 Å². The molecule has 0 aromatic heterocycles. The second kappa shape index (κ2) is 7.95. The van der Waals surface area contributed by atoms with Crippen molar-refractivity contribution in [1.29, 1.82) is 0 Å². The van der Waals surface area contributed by atoms with Gasteiger partial charge in [-0.3, -0.25) is 5.32 Å². The summed E-state index contributed by atoms with van der Waals surface area (Å²) in [4.78, 5) is 1.19. The fourth-order valence-corrected chi connectivity index (χ4v) is 5.61. The van der Waals surface area contributed by atoms with Crippen molar-refractivity contribution >= 4 is 33.2 Å². The van der Waals surface area contributed by atoms with Crippen molar-refractivity contribution in [1.82, 2.24) is 10.6 Å². The predicted molar refractivity (Wildman–Crippen MR) is 114 cm³/mol. The van der Waals surface area contributed by atoms with Gasteiger partial charge in [0.25, 0.3) is 0 Å². The topological polar surface area (TPSA) is 78.4 Å². The number of thioether (sulfide) groups is 1. The number of hydrogen-bond acceptors (Lipinski definition) is 6. The molecule has 0 aliphatic carbocycles. The summed E-state index contributed by atoms with van der Waals surface area (Å²) >= 11 is 7.44. The molecule has 1 heterocycles. The van der Waals surface area contributed by atoms with Crippen LogP contribution in [-0.4, -0.2) is 30.0 Å². The number of sulfone groups is 1. The highest BCUT2D eigenvalue weighted by Gasteiger charge is 2.43. The van der Waals surface area contributed by atoms with Crippen LogP contribution in [0.15, 0.2) is 34.9 Å². The van der Waals surface area contributed by atoms with Crippen LogP contribution in [-0.2, 0) is 15.6 Å². The highest BCUT2D eigenvalue weighted by atomic mass is 35.5. The molecule has 0 bridgehead atoms. The average Bonchev–Trinajstić information content (AvgIpc) is 2.90. The number of rotatable bonds is 6. The first-order valence-corrected chi connectivity index (χ1v) is 11.7. The molecule has 1 aliphatic heterocycles. The molecule has 5 nitrogen and oxygen atoms in total. The number of halogens is 1. The normalized spacial score (nSPS) is 19.9. The molecule has 1 aliphatic rings. The lowest BCUT2D eigenvalue weighted by Crippen LogP contribution is -2.56. The van der Waals surface area contributed by atoms with E-state index in [0.29, 0.717) is 10.6 Å². The van der Waals surface area contributed by atoms with E-state index in [1.165, 1.54) is 4.91 Å². The summed E-state index contributed by atoms with van der Waals surface area (Å²) in [6.07, 6.45) is -1.23. The minimum Gasteiger partial charge on any atom is -0.377 e. The Labute approximate surface area is 171 Å². The van der Waals surface area contributed by atoms with Crippen LogP contribution in [0.25, 0.3) is 0 Å². The van der Waals surface area contributed by atoms with Gasteiger partial charge >= 0.3 is 0 Å². The molecule has 152 valence electrons. The predicted octanol–water partition coefficient (Wildman–Crippen LogP) is 3.84. The molecular formula is C19H29ClN2O3S2. The molecule has 0 saturated carbocycles. The summed E-state index contributed by atoms with van der Waals surface area (Å²) in [5, 5.41) is 17.5. The second-order valence-corrected chi connectivity index (χ2v) is 12.5. The Balaban J connectivity index is 2.08. The number of hydrogen-bond donors (Lipinski definition) is 3. The molecule has 0 spiro atoms. The fourth-order valence-electron chi connectivity index (χ4n) is 2.81. The molecule has 2 unspecified atom stereocenters. The van der Waals surface area contributed by atoms with E-state index in [1.54, 1.807) is 49.9 Å². The summed E-state index contributed by atoms with van der Waals surface area (Å²) in [6.45, 7) is 11.4. The molecule has 0 fully saturated rings. The number of allylic oxidation sites excluding steroid dienone is 2. The zero-order chi connectivity index (χ0) is 20.6. The zero-order valence-electron chi connectivity index (χ0n) is 16.6. The van der Waals surface area contributed by atoms with Crippen molar-refractivity contribution in [2.24, 2.45) is 5.41 Å². The summed E-state index contributed by atoms with van der Waals surface area (Å²) in [5.41, 5.74) is 1.39. The molecule has 2 atom stereocenters. The van der Waals surface area contributed by atoms with Crippen LogP contribution < -0.4 is 10.6 Å². The Kier molecular flexibility index (Phi) is 6.64. The Morgan fingerprint density at radius 3 is 2.26 bits per heavy atom. The monoisotopic (exact) mass is 432 g/mol. The van der Waals surface area contributed by atoms with Gasteiger partial charge in [-0.25, -0.2) is 8.42 Å². The van der Waals surface area contributed by atoms with Gasteiger partial charge in [-0.1, -0.05) is 56.3 Å². The number of aliphatic hydroxyl groups is 1. The van der Waals surface area contributed by atoms with Crippen LogP contribution in [0.5, 0.6) is 0 Å². The van der Waals surface area contributed by atoms with Gasteiger partial charge in [0.1, 0.15) is 16.5 Å². The van der Waals surface area contributed by atoms with E-state index in [-0.39, 0.29) is 16.7 Å². The maximum Gasteiger partial charge on any atom is 0.163 e. The first-order chi connectivity index (χ1) is 12.2. The summed E-state index contributed by atoms with van der Waals surface area (Å²) in [7, 11) is -3.63. The standard InChI is InChI=1S/C19H29ClN2O3S2/c1-12-15(18(2,3)4)26-17(21-12)22-16(23)19(5,6)27(24,25)11-13-7-9-14(20)10-8-13/h7-10,16-17,21-23H,11H2,1-6H3. The van der Waals surface area contributed by atoms with E-state index in [1.807, 2.05) is 6.92 Å². The van der Waals surface area contributed by atoms with E-state index in [9.17, 15) is 13.5 Å². The Morgan fingerprint density at radius 1 is 1.22 bits per heavy atom. The van der Waals surface area contributed by atoms with Crippen LogP contribution in [0, 0.1) is 5.41 Å². The first kappa shape index (κ1) is 22.6. The molecule has 3 N–H and O–H groups in total. The van der Waals surface area contributed by atoms with Gasteiger partial charge in [0.05, 0.1) is 5.75 Å². The molecule has 0 radical (unpaired) electrons. The Hall–Kier alpha value is -0.730. The summed E-state index contributed by atoms with van der Waals surface area (Å²) in [5.74, 6) is -0.161. The minimum atomic E-state index is -3.63. The number of benzene rings is 1. The molecule has 1 aromatic carbocycles. The van der Waals surface area contributed by atoms with Crippen LogP contribution in [0.1, 0.15) is 47.1 Å². The second-order valence-electron chi connectivity index (χ2n) is 8.40. The van der Waals surface area contributed by atoms with E-state index in [2.05, 4.69) is 31.4 Å². The summed E-state index contributed by atoms with van der Waals surface area (Å²) < 4.78 is 24.5. The molecule has 1 aromatic rings. The SMILES string of the molecule is CC1=C(C(C)(C)C)SC(NC(O)C(C)(C)S(=O)(=O)Cc2ccc(Cl)cc2)N1. The molecule has 0 amide bonds. The Bertz CT molecular complexity index is 812. The van der Waals surface area contributed by atoms with Crippen molar-refractivity contribution in [3.8, 4) is 0 Å². The van der Waals surface area contributed by atoms with Crippen molar-refractivity contribution in [3.05, 3.63) is 45.5 Å². The Morgan fingerprint density at radius 2 is 1.78 bits per heavy atom. The lowest BCUT2D eigenvalue weighted by atomic mass is 9.95. The third-order valence-electron chi connectivity index (χ3n) is 4.64. The highest BCUT2D eigenvalue weighted by molar-refractivity contribution is 8.03. The maximum atomic E-state index is 12.9.